The normalized spacial score (nSPS) is 13.5. The molecule has 3 rings (SSSR count). The molecule has 108 valence electrons. The van der Waals surface area contributed by atoms with Crippen LogP contribution in [0.25, 0.3) is 0 Å². The van der Waals surface area contributed by atoms with Crippen LogP contribution in [0.15, 0.2) is 36.4 Å². The van der Waals surface area contributed by atoms with Crippen LogP contribution in [0.2, 0.25) is 5.02 Å². The molecule has 1 amide bonds. The van der Waals surface area contributed by atoms with E-state index >= 15 is 0 Å². The zero-order valence-electron chi connectivity index (χ0n) is 11.4. The number of benzene rings is 2. The molecule has 0 saturated heterocycles. The van der Waals surface area contributed by atoms with E-state index in [0.717, 1.165) is 33.9 Å². The van der Waals surface area contributed by atoms with E-state index in [9.17, 15) is 4.79 Å². The molecule has 1 aliphatic heterocycles. The molecule has 0 aliphatic carbocycles. The van der Waals surface area contributed by atoms with Crippen LogP contribution in [0.5, 0.6) is 0 Å². The quantitative estimate of drug-likeness (QED) is 0.761. The van der Waals surface area contributed by atoms with Crippen molar-refractivity contribution in [3.63, 3.8) is 0 Å². The van der Waals surface area contributed by atoms with Crippen molar-refractivity contribution in [1.29, 1.82) is 0 Å². The summed E-state index contributed by atoms with van der Waals surface area (Å²) in [6, 6.07) is 11.5. The Labute approximate surface area is 128 Å². The van der Waals surface area contributed by atoms with E-state index in [-0.39, 0.29) is 5.91 Å². The topological polar surface area (TPSA) is 67.1 Å². The molecule has 0 spiro atoms. The molecule has 1 heterocycles. The van der Waals surface area contributed by atoms with Gasteiger partial charge in [-0.3, -0.25) is 4.79 Å². The standard InChI is InChI=1S/C16H16ClN3O/c17-12-4-2-1-3-11(12)9-19-15-7-10-5-6-16(21)20-14(10)8-13(15)18/h1-4,7-8,19H,5-6,9,18H2,(H,20,21). The Kier molecular flexibility index (Phi) is 3.71. The van der Waals surface area contributed by atoms with Gasteiger partial charge in [-0.2, -0.15) is 0 Å². The first-order valence-electron chi connectivity index (χ1n) is 6.83. The van der Waals surface area contributed by atoms with Gasteiger partial charge >= 0.3 is 0 Å². The van der Waals surface area contributed by atoms with Gasteiger partial charge in [0.15, 0.2) is 0 Å². The van der Waals surface area contributed by atoms with Crippen molar-refractivity contribution in [3.05, 3.63) is 52.5 Å². The van der Waals surface area contributed by atoms with Gasteiger partial charge in [0, 0.05) is 23.7 Å². The zero-order chi connectivity index (χ0) is 14.8. The van der Waals surface area contributed by atoms with Crippen LogP contribution in [0.4, 0.5) is 17.1 Å². The SMILES string of the molecule is Nc1cc2c(cc1NCc1ccccc1Cl)CCC(=O)N2. The highest BCUT2D eigenvalue weighted by Gasteiger charge is 2.16. The predicted octanol–water partition coefficient (Wildman–Crippen LogP) is 3.42. The van der Waals surface area contributed by atoms with E-state index in [1.165, 1.54) is 0 Å². The summed E-state index contributed by atoms with van der Waals surface area (Å²) in [6.45, 7) is 0.606. The van der Waals surface area contributed by atoms with Gasteiger partial charge in [0.05, 0.1) is 11.4 Å². The smallest absolute Gasteiger partial charge is 0.224 e. The molecule has 1 aliphatic rings. The number of hydrogen-bond donors (Lipinski definition) is 3. The van der Waals surface area contributed by atoms with E-state index in [4.69, 9.17) is 17.3 Å². The first-order valence-corrected chi connectivity index (χ1v) is 7.21. The van der Waals surface area contributed by atoms with Crippen LogP contribution >= 0.6 is 11.6 Å². The number of nitrogens with two attached hydrogens (primary N) is 1. The number of anilines is 3. The minimum atomic E-state index is 0.0404. The molecule has 2 aromatic rings. The molecule has 0 aromatic heterocycles. The van der Waals surface area contributed by atoms with Crippen molar-refractivity contribution in [3.8, 4) is 0 Å². The highest BCUT2D eigenvalue weighted by atomic mass is 35.5. The molecule has 0 unspecified atom stereocenters. The van der Waals surface area contributed by atoms with Crippen molar-refractivity contribution in [2.45, 2.75) is 19.4 Å². The second-order valence-corrected chi connectivity index (χ2v) is 5.50. The van der Waals surface area contributed by atoms with E-state index in [1.807, 2.05) is 30.3 Å². The third-order valence-corrected chi connectivity index (χ3v) is 3.97. The van der Waals surface area contributed by atoms with Crippen molar-refractivity contribution in [1.82, 2.24) is 0 Å². The zero-order valence-corrected chi connectivity index (χ0v) is 12.2. The highest BCUT2D eigenvalue weighted by Crippen LogP contribution is 2.31. The number of nitrogens with one attached hydrogen (secondary N) is 2. The second-order valence-electron chi connectivity index (χ2n) is 5.09. The molecule has 0 radical (unpaired) electrons. The average molecular weight is 302 g/mol. The molecule has 0 saturated carbocycles. The lowest BCUT2D eigenvalue weighted by molar-refractivity contribution is -0.116. The second kappa shape index (κ2) is 5.66. The van der Waals surface area contributed by atoms with Crippen molar-refractivity contribution >= 4 is 34.6 Å². The minimum absolute atomic E-state index is 0.0404. The first kappa shape index (κ1) is 13.8. The van der Waals surface area contributed by atoms with Gasteiger partial charge in [0.2, 0.25) is 5.91 Å². The fourth-order valence-electron chi connectivity index (χ4n) is 2.43. The molecule has 0 fully saturated rings. The number of rotatable bonds is 3. The number of nitrogen functional groups attached to an aromatic ring is 1. The van der Waals surface area contributed by atoms with Crippen molar-refractivity contribution in [2.24, 2.45) is 0 Å². The number of carbonyl (C=O) groups is 1. The number of aryl methyl sites for hydroxylation is 1. The van der Waals surface area contributed by atoms with Gasteiger partial charge in [-0.05, 0) is 35.7 Å². The van der Waals surface area contributed by atoms with Crippen LogP contribution in [0, 0.1) is 0 Å². The van der Waals surface area contributed by atoms with Gasteiger partial charge in [0.1, 0.15) is 0 Å². The average Bonchev–Trinajstić information content (AvgIpc) is 2.46. The fraction of sp³-hybridized carbons (Fsp3) is 0.188. The molecular weight excluding hydrogens is 286 g/mol. The lowest BCUT2D eigenvalue weighted by Gasteiger charge is -2.20. The maximum absolute atomic E-state index is 11.4. The Hall–Kier alpha value is -2.20. The molecule has 5 heteroatoms. The van der Waals surface area contributed by atoms with Crippen LogP contribution in [0.1, 0.15) is 17.5 Å². The lowest BCUT2D eigenvalue weighted by atomic mass is 10.0. The summed E-state index contributed by atoms with van der Waals surface area (Å²) in [5.41, 5.74) is 10.5. The Balaban J connectivity index is 1.80. The molecule has 4 nitrogen and oxygen atoms in total. The molecular formula is C16H16ClN3O. The van der Waals surface area contributed by atoms with Crippen LogP contribution in [-0.4, -0.2) is 5.91 Å². The Morgan fingerprint density at radius 1 is 1.24 bits per heavy atom. The summed E-state index contributed by atoms with van der Waals surface area (Å²) in [5, 5.41) is 6.88. The van der Waals surface area contributed by atoms with E-state index in [1.54, 1.807) is 6.07 Å². The number of fused-ring (bicyclic) bond motifs is 1. The van der Waals surface area contributed by atoms with E-state index in [2.05, 4.69) is 10.6 Å². The third kappa shape index (κ3) is 2.95. The highest BCUT2D eigenvalue weighted by molar-refractivity contribution is 6.31. The molecule has 2 aromatic carbocycles. The number of amides is 1. The van der Waals surface area contributed by atoms with Gasteiger partial charge in [-0.1, -0.05) is 29.8 Å². The summed E-state index contributed by atoms with van der Waals surface area (Å²) in [5.74, 6) is 0.0404. The number of carbonyl (C=O) groups excluding carboxylic acids is 1. The number of halogens is 1. The maximum Gasteiger partial charge on any atom is 0.224 e. The summed E-state index contributed by atoms with van der Waals surface area (Å²) >= 11 is 6.14. The maximum atomic E-state index is 11.4. The molecule has 4 N–H and O–H groups in total. The Bertz CT molecular complexity index is 700. The van der Waals surface area contributed by atoms with Gasteiger partial charge in [-0.25, -0.2) is 0 Å². The molecule has 0 atom stereocenters. The summed E-state index contributed by atoms with van der Waals surface area (Å²) in [4.78, 5) is 11.4. The predicted molar refractivity (Wildman–Crippen MR) is 86.6 cm³/mol. The van der Waals surface area contributed by atoms with Crippen molar-refractivity contribution in [2.75, 3.05) is 16.4 Å². The minimum Gasteiger partial charge on any atom is -0.397 e. The van der Waals surface area contributed by atoms with Gasteiger partial charge in [0.25, 0.3) is 0 Å². The molecule has 21 heavy (non-hydrogen) atoms. The Morgan fingerprint density at radius 3 is 2.86 bits per heavy atom. The summed E-state index contributed by atoms with van der Waals surface area (Å²) in [6.07, 6.45) is 1.25. The van der Waals surface area contributed by atoms with Crippen LogP contribution in [-0.2, 0) is 17.8 Å². The van der Waals surface area contributed by atoms with E-state index < -0.39 is 0 Å². The van der Waals surface area contributed by atoms with Gasteiger partial charge in [-0.15, -0.1) is 0 Å². The van der Waals surface area contributed by atoms with Gasteiger partial charge < -0.3 is 16.4 Å². The number of hydrogen-bond acceptors (Lipinski definition) is 3. The fourth-order valence-corrected chi connectivity index (χ4v) is 2.63. The largest absolute Gasteiger partial charge is 0.397 e. The first-order chi connectivity index (χ1) is 10.1. The Morgan fingerprint density at radius 2 is 2.05 bits per heavy atom. The monoisotopic (exact) mass is 301 g/mol. The third-order valence-electron chi connectivity index (χ3n) is 3.60. The summed E-state index contributed by atoms with van der Waals surface area (Å²) < 4.78 is 0. The van der Waals surface area contributed by atoms with Crippen molar-refractivity contribution < 1.29 is 4.79 Å². The molecule has 0 bridgehead atoms. The lowest BCUT2D eigenvalue weighted by Crippen LogP contribution is -2.19. The van der Waals surface area contributed by atoms with Crippen LogP contribution in [0.3, 0.4) is 0 Å². The van der Waals surface area contributed by atoms with Crippen LogP contribution < -0.4 is 16.4 Å². The van der Waals surface area contributed by atoms with E-state index in [0.29, 0.717) is 18.7 Å². The summed E-state index contributed by atoms with van der Waals surface area (Å²) in [7, 11) is 0.